The molecule has 0 unspecified atom stereocenters. The van der Waals surface area contributed by atoms with Crippen LogP contribution in [0.25, 0.3) is 21.5 Å². The molecule has 4 rings (SSSR count). The predicted octanol–water partition coefficient (Wildman–Crippen LogP) is 6.26. The lowest BCUT2D eigenvalue weighted by Gasteiger charge is -2.16. The number of rotatable bonds is 7. The van der Waals surface area contributed by atoms with Crippen molar-refractivity contribution in [3.05, 3.63) is 71.9 Å². The second kappa shape index (κ2) is 11.5. The van der Waals surface area contributed by atoms with E-state index in [1.807, 2.05) is 0 Å². The van der Waals surface area contributed by atoms with Gasteiger partial charge in [0.1, 0.15) is 6.04 Å². The van der Waals surface area contributed by atoms with Crippen molar-refractivity contribution in [1.29, 1.82) is 0 Å². The highest BCUT2D eigenvalue weighted by Gasteiger charge is 2.43. The fourth-order valence-corrected chi connectivity index (χ4v) is 4.39. The first-order chi connectivity index (χ1) is 19.2. The molecule has 0 aliphatic carbocycles. The Kier molecular flexibility index (Phi) is 8.28. The second-order valence-corrected chi connectivity index (χ2v) is 9.51. The van der Waals surface area contributed by atoms with Gasteiger partial charge < -0.3 is 15.4 Å². The molecule has 2 N–H and O–H groups in total. The molecule has 1 amide bonds. The van der Waals surface area contributed by atoms with E-state index in [0.29, 0.717) is 16.4 Å². The predicted molar refractivity (Wildman–Crippen MR) is 136 cm³/mol. The topological polar surface area (TPSA) is 110 Å². The van der Waals surface area contributed by atoms with Gasteiger partial charge in [0.05, 0.1) is 10.3 Å². The summed E-state index contributed by atoms with van der Waals surface area (Å²) in [6, 6.07) is 12.6. The molecule has 1 atom stereocenters. The average Bonchev–Trinajstić information content (AvgIpc) is 3.32. The van der Waals surface area contributed by atoms with E-state index in [2.05, 4.69) is 25.3 Å². The molecule has 0 bridgehead atoms. The number of amides is 1. The normalized spacial score (nSPS) is 12.6. The zero-order chi connectivity index (χ0) is 29.9. The minimum atomic E-state index is -5.35. The van der Waals surface area contributed by atoms with Crippen molar-refractivity contribution in [3.8, 4) is 11.1 Å². The number of hydrogen-bond acceptors (Lipinski definition) is 8. The molecule has 0 spiro atoms. The Bertz CT molecular complexity index is 1590. The molecule has 0 aliphatic heterocycles. The van der Waals surface area contributed by atoms with Crippen LogP contribution in [0, 0.1) is 0 Å². The van der Waals surface area contributed by atoms with Crippen LogP contribution in [0.1, 0.15) is 29.3 Å². The van der Waals surface area contributed by atoms with Crippen molar-refractivity contribution < 1.29 is 45.5 Å². The van der Waals surface area contributed by atoms with Crippen molar-refractivity contribution in [2.45, 2.75) is 31.7 Å². The Balaban J connectivity index is 1.39. The fraction of sp³-hybridized carbons (Fsp3) is 0.192. The van der Waals surface area contributed by atoms with Gasteiger partial charge in [-0.05, 0) is 47.9 Å². The zero-order valence-corrected chi connectivity index (χ0v) is 21.6. The quantitative estimate of drug-likeness (QED) is 0.147. The van der Waals surface area contributed by atoms with Crippen LogP contribution in [0.4, 0.5) is 37.2 Å². The number of carbonyl (C=O) groups excluding carboxylic acids is 3. The molecule has 0 aliphatic rings. The van der Waals surface area contributed by atoms with E-state index in [-0.39, 0.29) is 22.3 Å². The Morgan fingerprint density at radius 2 is 1.56 bits per heavy atom. The first-order valence-electron chi connectivity index (χ1n) is 11.7. The highest BCUT2D eigenvalue weighted by atomic mass is 32.1. The Morgan fingerprint density at radius 3 is 2.12 bits per heavy atom. The fourth-order valence-electron chi connectivity index (χ4n) is 3.50. The lowest BCUT2D eigenvalue weighted by molar-refractivity contribution is -0.202. The lowest BCUT2D eigenvalue weighted by atomic mass is 10.0. The van der Waals surface area contributed by atoms with E-state index >= 15 is 0 Å². The van der Waals surface area contributed by atoms with Crippen LogP contribution in [-0.2, 0) is 20.5 Å². The molecule has 2 aromatic carbocycles. The summed E-state index contributed by atoms with van der Waals surface area (Å²) in [7, 11) is 0. The Labute approximate surface area is 231 Å². The molecule has 0 fully saturated rings. The van der Waals surface area contributed by atoms with Crippen LogP contribution in [0.15, 0.2) is 60.8 Å². The van der Waals surface area contributed by atoms with Gasteiger partial charge >= 0.3 is 24.3 Å². The average molecular weight is 597 g/mol. The molecule has 4 aromatic rings. The molecule has 0 saturated carbocycles. The van der Waals surface area contributed by atoms with Gasteiger partial charge in [-0.25, -0.2) is 14.6 Å². The highest BCUT2D eigenvalue weighted by molar-refractivity contribution is 7.22. The number of carbonyl (C=O) groups is 3. The van der Waals surface area contributed by atoms with Crippen molar-refractivity contribution >= 4 is 50.3 Å². The first kappa shape index (κ1) is 29.5. The molecule has 41 heavy (non-hydrogen) atoms. The summed E-state index contributed by atoms with van der Waals surface area (Å²) in [4.78, 5) is 43.2. The van der Waals surface area contributed by atoms with Gasteiger partial charge in [-0.2, -0.15) is 31.3 Å². The smallest absolute Gasteiger partial charge is 0.385 e. The van der Waals surface area contributed by atoms with Gasteiger partial charge in [0.2, 0.25) is 0 Å². The van der Waals surface area contributed by atoms with E-state index in [9.17, 15) is 40.7 Å². The SMILES string of the molecule is CC[C@H](NC(=O)c1ccc(-c2ccc(Nc3nc4ncc(C(F)(F)F)cc4s3)cc2)cc1)C(=O)OC(=O)C(F)(F)F. The Morgan fingerprint density at radius 1 is 0.951 bits per heavy atom. The summed E-state index contributed by atoms with van der Waals surface area (Å²) in [6.07, 6.45) is -9.24. The number of nitrogens with zero attached hydrogens (tertiary/aromatic N) is 2. The Hall–Kier alpha value is -4.53. The monoisotopic (exact) mass is 596 g/mol. The van der Waals surface area contributed by atoms with Gasteiger partial charge in [0.25, 0.3) is 5.91 Å². The summed E-state index contributed by atoms with van der Waals surface area (Å²) in [5.41, 5.74) is 1.50. The van der Waals surface area contributed by atoms with Crippen molar-refractivity contribution in [2.75, 3.05) is 5.32 Å². The zero-order valence-electron chi connectivity index (χ0n) is 20.8. The minimum absolute atomic E-state index is 0.110. The summed E-state index contributed by atoms with van der Waals surface area (Å²) >= 11 is 1.02. The summed E-state index contributed by atoms with van der Waals surface area (Å²) in [5.74, 6) is -4.95. The number of esters is 2. The standard InChI is InChI=1S/C26H18F6N4O4S/c1-2-18(22(38)40-23(39)26(30,31)32)35-21(37)15-5-3-13(4-6-15)14-7-9-17(10-8-14)34-24-36-20-19(41-24)11-16(12-33-20)25(27,28)29/h3-12,18H,2H2,1H3,(H,35,37)(H,33,34,36)/t18-/m0/s1. The molecule has 0 radical (unpaired) electrons. The number of aromatic nitrogens is 2. The largest absolute Gasteiger partial charge is 0.491 e. The van der Waals surface area contributed by atoms with Crippen LogP contribution < -0.4 is 10.6 Å². The van der Waals surface area contributed by atoms with Gasteiger partial charge in [-0.3, -0.25) is 4.79 Å². The summed E-state index contributed by atoms with van der Waals surface area (Å²) in [6.45, 7) is 1.42. The maximum atomic E-state index is 12.9. The van der Waals surface area contributed by atoms with E-state index in [1.165, 1.54) is 19.1 Å². The van der Waals surface area contributed by atoms with Gasteiger partial charge in [-0.15, -0.1) is 0 Å². The number of nitrogens with one attached hydrogen (secondary N) is 2. The van der Waals surface area contributed by atoms with Gasteiger partial charge in [0.15, 0.2) is 10.8 Å². The van der Waals surface area contributed by atoms with Crippen LogP contribution in [0.3, 0.4) is 0 Å². The number of hydrogen-bond donors (Lipinski definition) is 2. The minimum Gasteiger partial charge on any atom is -0.385 e. The van der Waals surface area contributed by atoms with E-state index in [4.69, 9.17) is 0 Å². The van der Waals surface area contributed by atoms with Crippen LogP contribution in [-0.4, -0.2) is 40.0 Å². The molecule has 2 aromatic heterocycles. The number of anilines is 2. The van der Waals surface area contributed by atoms with Crippen LogP contribution >= 0.6 is 11.3 Å². The van der Waals surface area contributed by atoms with Crippen molar-refractivity contribution in [2.24, 2.45) is 0 Å². The van der Waals surface area contributed by atoms with Gasteiger partial charge in [0, 0.05) is 17.4 Å². The van der Waals surface area contributed by atoms with E-state index < -0.39 is 41.8 Å². The maximum absolute atomic E-state index is 12.9. The number of halogens is 6. The number of benzene rings is 2. The molecule has 2 heterocycles. The summed E-state index contributed by atoms with van der Waals surface area (Å²) in [5, 5.41) is 5.62. The summed E-state index contributed by atoms with van der Waals surface area (Å²) < 4.78 is 79.8. The number of fused-ring (bicyclic) bond motifs is 1. The third kappa shape index (κ3) is 7.16. The molecule has 214 valence electrons. The molecular weight excluding hydrogens is 578 g/mol. The molecule has 8 nitrogen and oxygen atoms in total. The second-order valence-electron chi connectivity index (χ2n) is 8.48. The van der Waals surface area contributed by atoms with Crippen LogP contribution in [0.2, 0.25) is 0 Å². The third-order valence-corrected chi connectivity index (χ3v) is 6.52. The number of ether oxygens (including phenoxy) is 1. The van der Waals surface area contributed by atoms with E-state index in [1.54, 1.807) is 36.4 Å². The first-order valence-corrected chi connectivity index (χ1v) is 12.5. The number of alkyl halides is 6. The third-order valence-electron chi connectivity index (χ3n) is 5.61. The van der Waals surface area contributed by atoms with E-state index in [0.717, 1.165) is 29.2 Å². The number of pyridine rings is 1. The molecule has 0 saturated heterocycles. The number of thiazole rings is 1. The van der Waals surface area contributed by atoms with Crippen molar-refractivity contribution in [1.82, 2.24) is 15.3 Å². The lowest BCUT2D eigenvalue weighted by Crippen LogP contribution is -2.43. The highest BCUT2D eigenvalue weighted by Crippen LogP contribution is 2.34. The van der Waals surface area contributed by atoms with Crippen molar-refractivity contribution in [3.63, 3.8) is 0 Å². The molecule has 15 heteroatoms. The maximum Gasteiger partial charge on any atom is 0.491 e. The molecular formula is C26H18F6N4O4S. The van der Waals surface area contributed by atoms with Gasteiger partial charge in [-0.1, -0.05) is 42.5 Å². The van der Waals surface area contributed by atoms with Crippen LogP contribution in [0.5, 0.6) is 0 Å².